The molecule has 1 aliphatic rings. The van der Waals surface area contributed by atoms with Gasteiger partial charge in [0.25, 0.3) is 0 Å². The summed E-state index contributed by atoms with van der Waals surface area (Å²) >= 11 is 0. The third-order valence-corrected chi connectivity index (χ3v) is 4.50. The van der Waals surface area contributed by atoms with Crippen LogP contribution >= 0.6 is 0 Å². The molecule has 0 aromatic heterocycles. The Labute approximate surface area is 104 Å². The van der Waals surface area contributed by atoms with Gasteiger partial charge in [0.15, 0.2) is 0 Å². The second kappa shape index (κ2) is 6.13. The summed E-state index contributed by atoms with van der Waals surface area (Å²) in [5.74, 6) is 0.0425. The molecule has 0 aliphatic carbocycles. The van der Waals surface area contributed by atoms with Crippen molar-refractivity contribution in [1.29, 1.82) is 0 Å². The molecule has 1 saturated heterocycles. The summed E-state index contributed by atoms with van der Waals surface area (Å²) in [5, 5.41) is 3.28. The molecule has 1 aliphatic heterocycles. The van der Waals surface area contributed by atoms with Gasteiger partial charge in [0.2, 0.25) is 10.0 Å². The molecule has 0 aromatic carbocycles. The van der Waals surface area contributed by atoms with E-state index in [1.54, 1.807) is 0 Å². The standard InChI is InChI=1S/C11H24N2O3S/c1-4-16-7-8-17(14,15)13-10-5-6-12-9-11(10,2)3/h10,12-13H,4-9H2,1-3H3. The van der Waals surface area contributed by atoms with Gasteiger partial charge in [0.1, 0.15) is 0 Å². The molecular formula is C11H24N2O3S. The first-order valence-electron chi connectivity index (χ1n) is 6.16. The average molecular weight is 264 g/mol. The molecule has 1 fully saturated rings. The summed E-state index contributed by atoms with van der Waals surface area (Å²) in [6.45, 7) is 8.53. The van der Waals surface area contributed by atoms with Crippen LogP contribution in [0.2, 0.25) is 0 Å². The Balaban J connectivity index is 2.51. The molecule has 1 unspecified atom stereocenters. The second-order valence-corrected chi connectivity index (χ2v) is 7.01. The Kier molecular flexibility index (Phi) is 5.37. The third kappa shape index (κ3) is 4.91. The fourth-order valence-corrected chi connectivity index (χ4v) is 3.30. The lowest BCUT2D eigenvalue weighted by Gasteiger charge is -2.39. The highest BCUT2D eigenvalue weighted by Gasteiger charge is 2.34. The van der Waals surface area contributed by atoms with Gasteiger partial charge in [-0.05, 0) is 25.3 Å². The second-order valence-electron chi connectivity index (χ2n) is 5.14. The number of sulfonamides is 1. The summed E-state index contributed by atoms with van der Waals surface area (Å²) in [5.41, 5.74) is -0.0447. The van der Waals surface area contributed by atoms with E-state index in [0.29, 0.717) is 6.61 Å². The lowest BCUT2D eigenvalue weighted by Crippen LogP contribution is -2.54. The third-order valence-electron chi connectivity index (χ3n) is 3.16. The maximum Gasteiger partial charge on any atom is 0.214 e. The topological polar surface area (TPSA) is 67.4 Å². The summed E-state index contributed by atoms with van der Waals surface area (Å²) in [6.07, 6.45) is 0.834. The zero-order valence-corrected chi connectivity index (χ0v) is 11.8. The lowest BCUT2D eigenvalue weighted by molar-refractivity contribution is 0.162. The van der Waals surface area contributed by atoms with E-state index in [1.165, 1.54) is 0 Å². The van der Waals surface area contributed by atoms with Crippen LogP contribution in [0.1, 0.15) is 27.2 Å². The van der Waals surface area contributed by atoms with Crippen LogP contribution in [0, 0.1) is 5.41 Å². The average Bonchev–Trinajstić information content (AvgIpc) is 2.21. The molecule has 1 rings (SSSR count). The van der Waals surface area contributed by atoms with Gasteiger partial charge in [-0.1, -0.05) is 13.8 Å². The molecule has 0 bridgehead atoms. The molecule has 0 spiro atoms. The molecule has 2 N–H and O–H groups in total. The molecule has 0 saturated carbocycles. The summed E-state index contributed by atoms with van der Waals surface area (Å²) in [7, 11) is -3.23. The van der Waals surface area contributed by atoms with Gasteiger partial charge in [0.05, 0.1) is 12.4 Å². The Hall–Kier alpha value is -0.170. The maximum absolute atomic E-state index is 11.8. The predicted molar refractivity (Wildman–Crippen MR) is 68.5 cm³/mol. The van der Waals surface area contributed by atoms with E-state index in [2.05, 4.69) is 23.9 Å². The first-order valence-corrected chi connectivity index (χ1v) is 7.81. The minimum Gasteiger partial charge on any atom is -0.381 e. The van der Waals surface area contributed by atoms with Gasteiger partial charge in [-0.25, -0.2) is 13.1 Å². The minimum absolute atomic E-state index is 0.00961. The fraction of sp³-hybridized carbons (Fsp3) is 1.00. The van der Waals surface area contributed by atoms with E-state index in [1.807, 2.05) is 6.92 Å². The van der Waals surface area contributed by atoms with Crippen molar-refractivity contribution in [3.05, 3.63) is 0 Å². The van der Waals surface area contributed by atoms with Gasteiger partial charge in [0, 0.05) is 19.2 Å². The molecule has 6 heteroatoms. The summed E-state index contributed by atoms with van der Waals surface area (Å²) < 4.78 is 31.6. The lowest BCUT2D eigenvalue weighted by atomic mass is 9.81. The SMILES string of the molecule is CCOCCS(=O)(=O)NC1CCNCC1(C)C. The van der Waals surface area contributed by atoms with E-state index >= 15 is 0 Å². The van der Waals surface area contributed by atoms with Crippen LogP contribution in [-0.4, -0.2) is 46.5 Å². The van der Waals surface area contributed by atoms with Crippen LogP contribution in [0.25, 0.3) is 0 Å². The molecule has 1 atom stereocenters. The predicted octanol–water partition coefficient (Wildman–Crippen LogP) is 0.330. The van der Waals surface area contributed by atoms with Crippen LogP contribution in [0.15, 0.2) is 0 Å². The molecule has 1 heterocycles. The summed E-state index contributed by atoms with van der Waals surface area (Å²) in [6, 6.07) is 0.00961. The van der Waals surface area contributed by atoms with Crippen molar-refractivity contribution in [2.24, 2.45) is 5.41 Å². The Morgan fingerprint density at radius 1 is 1.47 bits per heavy atom. The molecule has 0 aromatic rings. The highest BCUT2D eigenvalue weighted by Crippen LogP contribution is 2.25. The van der Waals surface area contributed by atoms with Gasteiger partial charge in [-0.3, -0.25) is 0 Å². The quantitative estimate of drug-likeness (QED) is 0.679. The van der Waals surface area contributed by atoms with Crippen LogP contribution in [-0.2, 0) is 14.8 Å². The minimum atomic E-state index is -3.23. The largest absolute Gasteiger partial charge is 0.381 e. The Bertz CT molecular complexity index is 328. The zero-order chi connectivity index (χ0) is 12.9. The van der Waals surface area contributed by atoms with Crippen molar-refractivity contribution < 1.29 is 13.2 Å². The highest BCUT2D eigenvalue weighted by molar-refractivity contribution is 7.89. The van der Waals surface area contributed by atoms with Crippen LogP contribution in [0.4, 0.5) is 0 Å². The van der Waals surface area contributed by atoms with Crippen LogP contribution in [0.3, 0.4) is 0 Å². The van der Waals surface area contributed by atoms with Crippen molar-refractivity contribution >= 4 is 10.0 Å². The summed E-state index contributed by atoms with van der Waals surface area (Å²) in [4.78, 5) is 0. The number of nitrogens with one attached hydrogen (secondary N) is 2. The number of hydrogen-bond donors (Lipinski definition) is 2. The van der Waals surface area contributed by atoms with Crippen molar-refractivity contribution in [2.75, 3.05) is 32.1 Å². The molecular weight excluding hydrogens is 240 g/mol. The molecule has 0 radical (unpaired) electrons. The first kappa shape index (κ1) is 14.9. The number of ether oxygens (including phenoxy) is 1. The van der Waals surface area contributed by atoms with E-state index in [9.17, 15) is 8.42 Å². The van der Waals surface area contributed by atoms with Crippen molar-refractivity contribution in [3.63, 3.8) is 0 Å². The molecule has 5 nitrogen and oxygen atoms in total. The maximum atomic E-state index is 11.8. The highest BCUT2D eigenvalue weighted by atomic mass is 32.2. The normalized spacial score (nSPS) is 24.8. The van der Waals surface area contributed by atoms with Crippen molar-refractivity contribution in [1.82, 2.24) is 10.0 Å². The van der Waals surface area contributed by atoms with E-state index < -0.39 is 10.0 Å². The van der Waals surface area contributed by atoms with Gasteiger partial charge < -0.3 is 10.1 Å². The number of piperidine rings is 1. The monoisotopic (exact) mass is 264 g/mol. The van der Waals surface area contributed by atoms with E-state index in [0.717, 1.165) is 19.5 Å². The van der Waals surface area contributed by atoms with E-state index in [4.69, 9.17) is 4.74 Å². The fourth-order valence-electron chi connectivity index (χ4n) is 1.98. The first-order chi connectivity index (χ1) is 7.87. The molecule has 17 heavy (non-hydrogen) atoms. The van der Waals surface area contributed by atoms with Crippen molar-refractivity contribution in [2.45, 2.75) is 33.2 Å². The Morgan fingerprint density at radius 3 is 2.76 bits per heavy atom. The number of hydrogen-bond acceptors (Lipinski definition) is 4. The van der Waals surface area contributed by atoms with Gasteiger partial charge in [-0.2, -0.15) is 0 Å². The smallest absolute Gasteiger partial charge is 0.214 e. The van der Waals surface area contributed by atoms with Gasteiger partial charge in [-0.15, -0.1) is 0 Å². The Morgan fingerprint density at radius 2 is 2.18 bits per heavy atom. The van der Waals surface area contributed by atoms with Gasteiger partial charge >= 0.3 is 0 Å². The van der Waals surface area contributed by atoms with E-state index in [-0.39, 0.29) is 23.8 Å². The zero-order valence-electron chi connectivity index (χ0n) is 11.0. The number of rotatable bonds is 6. The van der Waals surface area contributed by atoms with Crippen molar-refractivity contribution in [3.8, 4) is 0 Å². The molecule has 102 valence electrons. The van der Waals surface area contributed by atoms with Crippen LogP contribution < -0.4 is 10.0 Å². The van der Waals surface area contributed by atoms with Crippen LogP contribution in [0.5, 0.6) is 0 Å². The molecule has 0 amide bonds.